The van der Waals surface area contributed by atoms with Crippen LogP contribution in [0.15, 0.2) is 42.6 Å². The molecular formula is C26H27F6N5O. The summed E-state index contributed by atoms with van der Waals surface area (Å²) in [5.74, 6) is 1.33. The fraction of sp³-hybridized carbons (Fsp3) is 0.500. The van der Waals surface area contributed by atoms with Gasteiger partial charge in [-0.1, -0.05) is 6.07 Å². The number of nitrogens with zero attached hydrogens (tertiary/aromatic N) is 5. The van der Waals surface area contributed by atoms with Gasteiger partial charge >= 0.3 is 18.4 Å². The topological polar surface area (TPSA) is 56.1 Å². The number of aromatic nitrogens is 4. The Morgan fingerprint density at radius 2 is 1.68 bits per heavy atom. The maximum atomic E-state index is 13.1. The smallest absolute Gasteiger partial charge is 0.424 e. The van der Waals surface area contributed by atoms with Crippen LogP contribution >= 0.6 is 0 Å². The number of anilines is 1. The number of benzene rings is 1. The van der Waals surface area contributed by atoms with Gasteiger partial charge in [-0.2, -0.15) is 36.4 Å². The minimum absolute atomic E-state index is 0.0182. The highest BCUT2D eigenvalue weighted by Gasteiger charge is 2.43. The summed E-state index contributed by atoms with van der Waals surface area (Å²) in [5, 5.41) is 4.60. The van der Waals surface area contributed by atoms with Crippen LogP contribution in [0.4, 0.5) is 32.0 Å². The van der Waals surface area contributed by atoms with Crippen LogP contribution in [0.1, 0.15) is 49.8 Å². The predicted octanol–water partition coefficient (Wildman–Crippen LogP) is 6.79. The Labute approximate surface area is 215 Å². The van der Waals surface area contributed by atoms with Crippen LogP contribution in [0.25, 0.3) is 0 Å². The van der Waals surface area contributed by atoms with Crippen molar-refractivity contribution in [2.24, 2.45) is 17.8 Å². The van der Waals surface area contributed by atoms with E-state index in [2.05, 4.69) is 15.1 Å². The molecule has 1 aliphatic heterocycles. The summed E-state index contributed by atoms with van der Waals surface area (Å²) in [5.41, 5.74) is -1.20. The predicted molar refractivity (Wildman–Crippen MR) is 127 cm³/mol. The van der Waals surface area contributed by atoms with Gasteiger partial charge in [-0.15, -0.1) is 0 Å². The van der Waals surface area contributed by atoms with E-state index >= 15 is 0 Å². The van der Waals surface area contributed by atoms with E-state index in [1.165, 1.54) is 18.3 Å². The number of pyridine rings is 1. The van der Waals surface area contributed by atoms with Crippen molar-refractivity contribution in [3.63, 3.8) is 0 Å². The number of hydrogen-bond acceptors (Lipinski definition) is 5. The van der Waals surface area contributed by atoms with Crippen molar-refractivity contribution in [2.75, 3.05) is 18.0 Å². The normalized spacial score (nSPS) is 21.8. The molecule has 1 unspecified atom stereocenters. The second-order valence-corrected chi connectivity index (χ2v) is 10.2. The van der Waals surface area contributed by atoms with Gasteiger partial charge in [0, 0.05) is 31.4 Å². The Morgan fingerprint density at radius 1 is 0.974 bits per heavy atom. The van der Waals surface area contributed by atoms with Crippen molar-refractivity contribution >= 4 is 5.69 Å². The molecule has 3 aromatic rings. The first-order valence-electron chi connectivity index (χ1n) is 12.5. The summed E-state index contributed by atoms with van der Waals surface area (Å²) < 4.78 is 86.1. The Bertz CT molecular complexity index is 1270. The molecule has 0 N–H and O–H groups in total. The Morgan fingerprint density at radius 3 is 2.32 bits per heavy atom. The lowest BCUT2D eigenvalue weighted by Gasteiger charge is -2.39. The summed E-state index contributed by atoms with van der Waals surface area (Å²) in [4.78, 5) is 9.99. The number of halogens is 6. The molecule has 3 heterocycles. The zero-order valence-electron chi connectivity index (χ0n) is 20.8. The van der Waals surface area contributed by atoms with E-state index in [-0.39, 0.29) is 35.6 Å². The van der Waals surface area contributed by atoms with E-state index in [0.29, 0.717) is 31.0 Å². The fourth-order valence-electron chi connectivity index (χ4n) is 5.55. The van der Waals surface area contributed by atoms with E-state index in [9.17, 15) is 26.3 Å². The molecule has 2 bridgehead atoms. The van der Waals surface area contributed by atoms with Gasteiger partial charge in [0.1, 0.15) is 11.4 Å². The van der Waals surface area contributed by atoms with Gasteiger partial charge in [0.05, 0.1) is 11.6 Å². The SMILES string of the molecule is CC(C)n1nc(CC2[C@@H]3CC[C@H]2CN(c2ccnc(C(F)(F)F)c2)C3)nc1Oc1cccc(C(F)(F)F)c1. The molecule has 1 aliphatic carbocycles. The maximum absolute atomic E-state index is 13.1. The van der Waals surface area contributed by atoms with Crippen LogP contribution in [0.3, 0.4) is 0 Å². The summed E-state index contributed by atoms with van der Waals surface area (Å²) in [6.07, 6.45) is -5.31. The first-order chi connectivity index (χ1) is 17.9. The number of alkyl halides is 6. The molecule has 6 nitrogen and oxygen atoms in total. The van der Waals surface area contributed by atoms with Gasteiger partial charge in [0.2, 0.25) is 0 Å². The number of rotatable bonds is 6. The third-order valence-electron chi connectivity index (χ3n) is 7.35. The zero-order chi connectivity index (χ0) is 27.2. The van der Waals surface area contributed by atoms with Crippen molar-refractivity contribution in [3.05, 3.63) is 59.7 Å². The van der Waals surface area contributed by atoms with Gasteiger partial charge in [-0.3, -0.25) is 4.98 Å². The molecule has 0 radical (unpaired) electrons. The lowest BCUT2D eigenvalue weighted by atomic mass is 9.82. The maximum Gasteiger partial charge on any atom is 0.433 e. The van der Waals surface area contributed by atoms with Crippen molar-refractivity contribution in [1.29, 1.82) is 0 Å². The second kappa shape index (κ2) is 9.77. The minimum atomic E-state index is -4.50. The fourth-order valence-corrected chi connectivity index (χ4v) is 5.55. The summed E-state index contributed by atoms with van der Waals surface area (Å²) in [6.45, 7) is 5.01. The van der Waals surface area contributed by atoms with Crippen LogP contribution in [0.5, 0.6) is 11.8 Å². The van der Waals surface area contributed by atoms with Gasteiger partial charge in [-0.25, -0.2) is 4.68 Å². The zero-order valence-corrected chi connectivity index (χ0v) is 20.8. The van der Waals surface area contributed by atoms with Crippen LogP contribution in [-0.2, 0) is 18.8 Å². The molecule has 3 atom stereocenters. The summed E-state index contributed by atoms with van der Waals surface area (Å²) >= 11 is 0. The van der Waals surface area contributed by atoms with Crippen molar-refractivity contribution in [1.82, 2.24) is 19.7 Å². The van der Waals surface area contributed by atoms with Crippen molar-refractivity contribution < 1.29 is 31.1 Å². The number of piperidine rings is 1. The van der Waals surface area contributed by atoms with Crippen LogP contribution in [-0.4, -0.2) is 32.8 Å². The van der Waals surface area contributed by atoms with E-state index in [4.69, 9.17) is 4.74 Å². The summed E-state index contributed by atoms with van der Waals surface area (Å²) in [7, 11) is 0. The molecule has 2 aromatic heterocycles. The van der Waals surface area contributed by atoms with Crippen LogP contribution in [0, 0.1) is 17.8 Å². The highest BCUT2D eigenvalue weighted by atomic mass is 19.4. The molecule has 1 saturated heterocycles. The monoisotopic (exact) mass is 539 g/mol. The van der Waals surface area contributed by atoms with Crippen LogP contribution in [0.2, 0.25) is 0 Å². The molecule has 204 valence electrons. The Kier molecular flexibility index (Phi) is 6.77. The Balaban J connectivity index is 1.32. The molecule has 12 heteroatoms. The average Bonchev–Trinajstić information content (AvgIpc) is 3.34. The van der Waals surface area contributed by atoms with E-state index in [1.54, 1.807) is 10.7 Å². The molecule has 38 heavy (non-hydrogen) atoms. The molecule has 2 aliphatic rings. The van der Waals surface area contributed by atoms with Gasteiger partial charge in [0.15, 0.2) is 5.82 Å². The first kappa shape index (κ1) is 26.3. The molecule has 0 spiro atoms. The third kappa shape index (κ3) is 5.44. The lowest BCUT2D eigenvalue weighted by molar-refractivity contribution is -0.141. The van der Waals surface area contributed by atoms with Gasteiger partial charge < -0.3 is 9.64 Å². The summed E-state index contributed by atoms with van der Waals surface area (Å²) in [6, 6.07) is 7.32. The van der Waals surface area contributed by atoms with E-state index in [1.807, 2.05) is 18.7 Å². The Hall–Kier alpha value is -3.31. The third-order valence-corrected chi connectivity index (χ3v) is 7.35. The van der Waals surface area contributed by atoms with Crippen molar-refractivity contribution in [3.8, 4) is 11.8 Å². The minimum Gasteiger partial charge on any atom is -0.424 e. The second-order valence-electron chi connectivity index (χ2n) is 10.2. The van der Waals surface area contributed by atoms with Gasteiger partial charge in [0.25, 0.3) is 0 Å². The number of ether oxygens (including phenoxy) is 1. The molecule has 2 fully saturated rings. The molecule has 1 aromatic carbocycles. The first-order valence-corrected chi connectivity index (χ1v) is 12.5. The van der Waals surface area contributed by atoms with E-state index in [0.717, 1.165) is 31.0 Å². The standard InChI is InChI=1S/C26H27F6N5O/c1-15(2)37-24(38-20-5-3-4-18(10-20)25(27,28)29)34-23(35-37)12-21-16-6-7-17(21)14-36(13-16)19-8-9-33-22(11-19)26(30,31)32/h3-5,8-11,15-17,21H,6-7,12-14H2,1-2H3/t16-,17+,21?. The highest BCUT2D eigenvalue weighted by Crippen LogP contribution is 2.45. The average molecular weight is 540 g/mol. The van der Waals surface area contributed by atoms with E-state index < -0.39 is 23.6 Å². The van der Waals surface area contributed by atoms with Crippen molar-refractivity contribution in [2.45, 2.75) is 51.5 Å². The molecule has 1 saturated carbocycles. The molecular weight excluding hydrogens is 512 g/mol. The lowest BCUT2D eigenvalue weighted by Crippen LogP contribution is -2.43. The number of fused-ring (bicyclic) bond motifs is 2. The quantitative estimate of drug-likeness (QED) is 0.323. The highest BCUT2D eigenvalue weighted by molar-refractivity contribution is 5.48. The number of hydrogen-bond donors (Lipinski definition) is 0. The van der Waals surface area contributed by atoms with Crippen LogP contribution < -0.4 is 9.64 Å². The largest absolute Gasteiger partial charge is 0.433 e. The molecule has 0 amide bonds. The molecule has 5 rings (SSSR count). The van der Waals surface area contributed by atoms with Gasteiger partial charge in [-0.05, 0) is 74.8 Å².